The van der Waals surface area contributed by atoms with Crippen molar-refractivity contribution < 1.29 is 28.1 Å². The second-order valence-electron chi connectivity index (χ2n) is 9.46. The molecule has 1 unspecified atom stereocenters. The summed E-state index contributed by atoms with van der Waals surface area (Å²) in [4.78, 5) is 50.4. The molecule has 0 bridgehead atoms. The summed E-state index contributed by atoms with van der Waals surface area (Å²) in [5, 5.41) is 8.00. The van der Waals surface area contributed by atoms with E-state index in [1.54, 1.807) is 0 Å². The SMILES string of the molecule is CC(C)C[C@H](NC(=O)OCc1ccccc1)C(=O)N[C@@H](Cc1ccccc1)C(=O)N[C@H](C=O)CCS(C)=O. The Morgan fingerprint density at radius 1 is 0.868 bits per heavy atom. The number of nitrogens with one attached hydrogen (secondary N) is 3. The molecule has 0 saturated carbocycles. The lowest BCUT2D eigenvalue weighted by Crippen LogP contribution is -2.56. The quantitative estimate of drug-likeness (QED) is 0.296. The molecule has 3 N–H and O–H groups in total. The number of rotatable bonds is 15. The Morgan fingerprint density at radius 2 is 1.45 bits per heavy atom. The van der Waals surface area contributed by atoms with Crippen molar-refractivity contribution in [2.75, 3.05) is 12.0 Å². The van der Waals surface area contributed by atoms with Crippen LogP contribution in [0.1, 0.15) is 37.8 Å². The third kappa shape index (κ3) is 11.7. The normalized spacial score (nSPS) is 14.0. The van der Waals surface area contributed by atoms with Gasteiger partial charge in [0.2, 0.25) is 11.8 Å². The van der Waals surface area contributed by atoms with E-state index in [-0.39, 0.29) is 31.1 Å². The van der Waals surface area contributed by atoms with Crippen molar-refractivity contribution in [1.82, 2.24) is 16.0 Å². The van der Waals surface area contributed by atoms with Crippen LogP contribution in [0, 0.1) is 5.92 Å². The molecule has 0 fully saturated rings. The van der Waals surface area contributed by atoms with Crippen molar-refractivity contribution >= 4 is 35.0 Å². The summed E-state index contributed by atoms with van der Waals surface area (Å²) in [6.45, 7) is 3.88. The molecule has 0 aliphatic carbocycles. The van der Waals surface area contributed by atoms with Crippen LogP contribution in [0.25, 0.3) is 0 Å². The maximum absolute atomic E-state index is 13.3. The number of hydrogen-bond acceptors (Lipinski definition) is 6. The molecule has 3 amide bonds. The van der Waals surface area contributed by atoms with Gasteiger partial charge in [-0.3, -0.25) is 13.8 Å². The van der Waals surface area contributed by atoms with E-state index in [9.17, 15) is 23.4 Å². The monoisotopic (exact) mass is 543 g/mol. The fourth-order valence-corrected chi connectivity index (χ4v) is 4.28. The van der Waals surface area contributed by atoms with Gasteiger partial charge in [0.1, 0.15) is 25.0 Å². The fraction of sp³-hybridized carbons (Fsp3) is 0.429. The van der Waals surface area contributed by atoms with Crippen molar-refractivity contribution in [3.05, 3.63) is 71.8 Å². The summed E-state index contributed by atoms with van der Waals surface area (Å²) in [6.07, 6.45) is 2.09. The van der Waals surface area contributed by atoms with Crippen LogP contribution in [-0.4, -0.2) is 58.5 Å². The Morgan fingerprint density at radius 3 is 2.00 bits per heavy atom. The standard InChI is InChI=1S/C28H37N3O6S/c1-20(2)16-24(31-28(35)37-19-22-12-8-5-9-13-22)27(34)30-25(17-21-10-6-4-7-11-21)26(33)29-23(18-32)14-15-38(3)36/h4-13,18,20,23-25H,14-17,19H2,1-3H3,(H,29,33)(H,30,34)(H,31,35)/t23-,24-,25-,38?/m0/s1. The Kier molecular flexibility index (Phi) is 13.2. The second-order valence-corrected chi connectivity index (χ2v) is 11.0. The first kappa shape index (κ1) is 30.7. The van der Waals surface area contributed by atoms with Gasteiger partial charge in [-0.2, -0.15) is 0 Å². The summed E-state index contributed by atoms with van der Waals surface area (Å²) in [5.41, 5.74) is 1.62. The van der Waals surface area contributed by atoms with Gasteiger partial charge in [0.05, 0.1) is 6.04 Å². The highest BCUT2D eigenvalue weighted by Gasteiger charge is 2.29. The molecular formula is C28H37N3O6S. The van der Waals surface area contributed by atoms with Crippen molar-refractivity contribution in [2.45, 2.75) is 57.8 Å². The first-order valence-corrected chi connectivity index (χ1v) is 14.3. The maximum Gasteiger partial charge on any atom is 0.408 e. The highest BCUT2D eigenvalue weighted by molar-refractivity contribution is 7.84. The Hall–Kier alpha value is -3.53. The van der Waals surface area contributed by atoms with Crippen LogP contribution in [-0.2, 0) is 42.9 Å². The van der Waals surface area contributed by atoms with Crippen molar-refractivity contribution in [1.29, 1.82) is 0 Å². The Balaban J connectivity index is 2.12. The minimum atomic E-state index is -1.12. The fourth-order valence-electron chi connectivity index (χ4n) is 3.69. The van der Waals surface area contributed by atoms with Gasteiger partial charge in [-0.25, -0.2) is 4.79 Å². The molecule has 38 heavy (non-hydrogen) atoms. The molecule has 0 aliphatic rings. The average Bonchev–Trinajstić information content (AvgIpc) is 2.89. The van der Waals surface area contributed by atoms with Crippen LogP contribution >= 0.6 is 0 Å². The summed E-state index contributed by atoms with van der Waals surface area (Å²) in [6, 6.07) is 15.5. The third-order valence-corrected chi connectivity index (χ3v) is 6.46. The second kappa shape index (κ2) is 16.3. The molecule has 2 rings (SSSR count). The molecule has 0 aliphatic heterocycles. The van der Waals surface area contributed by atoms with Gasteiger partial charge < -0.3 is 25.5 Å². The molecule has 10 heteroatoms. The molecule has 0 radical (unpaired) electrons. The molecule has 0 saturated heterocycles. The Labute approximate surface area is 226 Å². The smallest absolute Gasteiger partial charge is 0.408 e. The molecular weight excluding hydrogens is 506 g/mol. The number of amides is 3. The largest absolute Gasteiger partial charge is 0.445 e. The van der Waals surface area contributed by atoms with Gasteiger partial charge in [-0.15, -0.1) is 0 Å². The maximum atomic E-state index is 13.3. The molecule has 206 valence electrons. The highest BCUT2D eigenvalue weighted by Crippen LogP contribution is 2.09. The molecule has 0 aromatic heterocycles. The van der Waals surface area contributed by atoms with E-state index >= 15 is 0 Å². The third-order valence-electron chi connectivity index (χ3n) is 5.65. The number of aldehydes is 1. The zero-order valence-corrected chi connectivity index (χ0v) is 22.9. The number of hydrogen-bond donors (Lipinski definition) is 3. The van der Waals surface area contributed by atoms with E-state index in [4.69, 9.17) is 4.74 Å². The van der Waals surface area contributed by atoms with Crippen LogP contribution in [0.4, 0.5) is 4.79 Å². The van der Waals surface area contributed by atoms with Crippen LogP contribution in [0.3, 0.4) is 0 Å². The number of carbonyl (C=O) groups is 4. The topological polar surface area (TPSA) is 131 Å². The molecule has 9 nitrogen and oxygen atoms in total. The highest BCUT2D eigenvalue weighted by atomic mass is 32.2. The van der Waals surface area contributed by atoms with Gasteiger partial charge in [0.15, 0.2) is 0 Å². The molecule has 0 spiro atoms. The molecule has 0 heterocycles. The van der Waals surface area contributed by atoms with Crippen molar-refractivity contribution in [2.24, 2.45) is 5.92 Å². The zero-order valence-electron chi connectivity index (χ0n) is 22.1. The lowest BCUT2D eigenvalue weighted by Gasteiger charge is -2.25. The van der Waals surface area contributed by atoms with E-state index < -0.39 is 46.8 Å². The molecule has 2 aromatic carbocycles. The van der Waals surface area contributed by atoms with E-state index in [0.29, 0.717) is 12.7 Å². The first-order valence-electron chi connectivity index (χ1n) is 12.5. The average molecular weight is 544 g/mol. The summed E-state index contributed by atoms with van der Waals surface area (Å²) < 4.78 is 16.7. The van der Waals surface area contributed by atoms with Gasteiger partial charge in [-0.1, -0.05) is 74.5 Å². The zero-order chi connectivity index (χ0) is 27.9. The lowest BCUT2D eigenvalue weighted by molar-refractivity contribution is -0.131. The first-order chi connectivity index (χ1) is 18.2. The number of ether oxygens (including phenoxy) is 1. The minimum Gasteiger partial charge on any atom is -0.445 e. The minimum absolute atomic E-state index is 0.0529. The van der Waals surface area contributed by atoms with E-state index in [1.807, 2.05) is 74.5 Å². The van der Waals surface area contributed by atoms with Crippen LogP contribution < -0.4 is 16.0 Å². The van der Waals surface area contributed by atoms with Gasteiger partial charge >= 0.3 is 6.09 Å². The van der Waals surface area contributed by atoms with E-state index in [1.165, 1.54) is 6.26 Å². The summed E-state index contributed by atoms with van der Waals surface area (Å²) in [7, 11) is -1.12. The van der Waals surface area contributed by atoms with Crippen molar-refractivity contribution in [3.8, 4) is 0 Å². The van der Waals surface area contributed by atoms with Crippen LogP contribution in [0.15, 0.2) is 60.7 Å². The van der Waals surface area contributed by atoms with Gasteiger partial charge in [-0.05, 0) is 29.9 Å². The predicted octanol–water partition coefficient (Wildman–Crippen LogP) is 2.51. The molecule has 4 atom stereocenters. The van der Waals surface area contributed by atoms with Gasteiger partial charge in [0.25, 0.3) is 0 Å². The number of alkyl carbamates (subject to hydrolysis) is 1. The van der Waals surface area contributed by atoms with E-state index in [0.717, 1.165) is 11.1 Å². The van der Waals surface area contributed by atoms with Crippen LogP contribution in [0.2, 0.25) is 0 Å². The summed E-state index contributed by atoms with van der Waals surface area (Å²) >= 11 is 0. The number of benzene rings is 2. The van der Waals surface area contributed by atoms with Crippen LogP contribution in [0.5, 0.6) is 0 Å². The Bertz CT molecular complexity index is 1060. The van der Waals surface area contributed by atoms with Crippen molar-refractivity contribution in [3.63, 3.8) is 0 Å². The lowest BCUT2D eigenvalue weighted by atomic mass is 10.0. The van der Waals surface area contributed by atoms with E-state index in [2.05, 4.69) is 16.0 Å². The number of carbonyl (C=O) groups excluding carboxylic acids is 4. The molecule has 2 aromatic rings. The summed E-state index contributed by atoms with van der Waals surface area (Å²) in [5.74, 6) is -0.763. The van der Waals surface area contributed by atoms with Gasteiger partial charge in [0, 0.05) is 29.2 Å². The predicted molar refractivity (Wildman–Crippen MR) is 147 cm³/mol.